The Bertz CT molecular complexity index is 1590. The summed E-state index contributed by atoms with van der Waals surface area (Å²) in [7, 11) is 1.51. The second-order valence-electron chi connectivity index (χ2n) is 7.32. The van der Waals surface area contributed by atoms with E-state index < -0.39 is 6.55 Å². The largest absolute Gasteiger partial charge is 0.495 e. The molecule has 0 aliphatic heterocycles. The molecule has 5 aromatic rings. The summed E-state index contributed by atoms with van der Waals surface area (Å²) in [6, 6.07) is 18.6. The van der Waals surface area contributed by atoms with Crippen molar-refractivity contribution >= 4 is 45.3 Å². The summed E-state index contributed by atoms with van der Waals surface area (Å²) in [5, 5.41) is 1.11. The van der Waals surface area contributed by atoms with Gasteiger partial charge in [-0.3, -0.25) is 13.9 Å². The van der Waals surface area contributed by atoms with Crippen molar-refractivity contribution in [1.82, 2.24) is 19.1 Å². The van der Waals surface area contributed by atoms with Crippen LogP contribution in [-0.2, 0) is 5.75 Å². The normalized spacial score (nSPS) is 11.6. The molecule has 0 aliphatic carbocycles. The van der Waals surface area contributed by atoms with E-state index in [-0.39, 0.29) is 17.1 Å². The lowest BCUT2D eigenvalue weighted by Gasteiger charge is -2.16. The smallest absolute Gasteiger partial charge is 0.320 e. The van der Waals surface area contributed by atoms with Crippen LogP contribution in [0.25, 0.3) is 27.6 Å². The van der Waals surface area contributed by atoms with Gasteiger partial charge < -0.3 is 4.74 Å². The Hall–Kier alpha value is -3.43. The standard InChI is InChI=1S/C24H17ClF2N4O2S/c1-33-20-9-5-4-8-19(20)31-22(32)15-11-10-14(25)12-17(15)29-24(31)34-13-21-28-16-6-2-3-7-18(16)30(21)23(26)27/h2-12,23H,13H2,1H3. The number of methoxy groups -OCH3 is 1. The van der Waals surface area contributed by atoms with E-state index in [2.05, 4.69) is 9.97 Å². The van der Waals surface area contributed by atoms with Gasteiger partial charge in [0.25, 0.3) is 5.56 Å². The van der Waals surface area contributed by atoms with Crippen LogP contribution in [0.1, 0.15) is 12.4 Å². The van der Waals surface area contributed by atoms with Crippen LogP contribution in [0.5, 0.6) is 5.75 Å². The number of hydrogen-bond donors (Lipinski definition) is 0. The minimum atomic E-state index is -2.76. The Morgan fingerprint density at radius 3 is 2.59 bits per heavy atom. The fourth-order valence-corrected chi connectivity index (χ4v) is 4.91. The molecule has 0 saturated heterocycles. The number of benzene rings is 3. The van der Waals surface area contributed by atoms with Gasteiger partial charge in [0.05, 0.1) is 40.5 Å². The zero-order valence-electron chi connectivity index (χ0n) is 17.8. The number of halogens is 3. The third-order valence-electron chi connectivity index (χ3n) is 5.32. The molecule has 0 spiro atoms. The van der Waals surface area contributed by atoms with Crippen molar-refractivity contribution in [1.29, 1.82) is 0 Å². The van der Waals surface area contributed by atoms with Crippen LogP contribution in [0, 0.1) is 0 Å². The van der Waals surface area contributed by atoms with E-state index >= 15 is 0 Å². The molecule has 10 heteroatoms. The SMILES string of the molecule is COc1ccccc1-n1c(SCc2nc3ccccc3n2C(F)F)nc2cc(Cl)ccc2c1=O. The summed E-state index contributed by atoms with van der Waals surface area (Å²) < 4.78 is 35.6. The van der Waals surface area contributed by atoms with Gasteiger partial charge in [-0.15, -0.1) is 0 Å². The predicted molar refractivity (Wildman–Crippen MR) is 129 cm³/mol. The number of ether oxygens (including phenoxy) is 1. The lowest BCUT2D eigenvalue weighted by atomic mass is 10.2. The summed E-state index contributed by atoms with van der Waals surface area (Å²) in [6.07, 6.45) is 0. The Labute approximate surface area is 201 Å². The summed E-state index contributed by atoms with van der Waals surface area (Å²) in [4.78, 5) is 22.6. The number of imidazole rings is 1. The maximum absolute atomic E-state index is 13.9. The number of hydrogen-bond acceptors (Lipinski definition) is 5. The van der Waals surface area contributed by atoms with Crippen LogP contribution in [0.3, 0.4) is 0 Å². The van der Waals surface area contributed by atoms with Gasteiger partial charge in [-0.25, -0.2) is 9.97 Å². The quantitative estimate of drug-likeness (QED) is 0.209. The van der Waals surface area contributed by atoms with E-state index in [0.717, 1.165) is 16.3 Å². The minimum absolute atomic E-state index is 0.0622. The first-order chi connectivity index (χ1) is 16.5. The third kappa shape index (κ3) is 3.91. The molecule has 5 rings (SSSR count). The van der Waals surface area contributed by atoms with Crippen LogP contribution in [0.2, 0.25) is 5.02 Å². The first-order valence-corrected chi connectivity index (χ1v) is 11.6. The van der Waals surface area contributed by atoms with Crippen LogP contribution in [0.15, 0.2) is 76.7 Å². The van der Waals surface area contributed by atoms with Crippen molar-refractivity contribution < 1.29 is 13.5 Å². The van der Waals surface area contributed by atoms with Crippen LogP contribution >= 0.6 is 23.4 Å². The number of rotatable bonds is 6. The Morgan fingerprint density at radius 1 is 1.03 bits per heavy atom. The highest BCUT2D eigenvalue weighted by Gasteiger charge is 2.21. The molecule has 0 saturated carbocycles. The number of aromatic nitrogens is 4. The summed E-state index contributed by atoms with van der Waals surface area (Å²) in [5.41, 5.74) is 1.39. The molecule has 0 N–H and O–H groups in total. The molecule has 0 unspecified atom stereocenters. The van der Waals surface area contributed by atoms with E-state index in [1.807, 2.05) is 0 Å². The second-order valence-corrected chi connectivity index (χ2v) is 8.70. The van der Waals surface area contributed by atoms with Crippen molar-refractivity contribution in [2.75, 3.05) is 7.11 Å². The number of thioether (sulfide) groups is 1. The fourth-order valence-electron chi connectivity index (χ4n) is 3.81. The van der Waals surface area contributed by atoms with Crippen molar-refractivity contribution in [2.45, 2.75) is 17.5 Å². The average molecular weight is 499 g/mol. The van der Waals surface area contributed by atoms with E-state index in [9.17, 15) is 13.6 Å². The molecule has 0 bridgehead atoms. The molecule has 2 aromatic heterocycles. The average Bonchev–Trinajstić information content (AvgIpc) is 3.21. The maximum atomic E-state index is 13.9. The van der Waals surface area contributed by atoms with E-state index in [0.29, 0.717) is 43.6 Å². The Kier molecular flexibility index (Phi) is 5.97. The number of nitrogens with zero attached hydrogens (tertiary/aromatic N) is 4. The molecule has 2 heterocycles. The van der Waals surface area contributed by atoms with Crippen molar-refractivity contribution in [3.05, 3.63) is 87.9 Å². The predicted octanol–water partition coefficient (Wildman–Crippen LogP) is 6.08. The molecule has 0 atom stereocenters. The molecule has 0 radical (unpaired) electrons. The van der Waals surface area contributed by atoms with Gasteiger partial charge in [0, 0.05) is 5.02 Å². The molecule has 0 amide bonds. The van der Waals surface area contributed by atoms with Gasteiger partial charge in [0.1, 0.15) is 11.6 Å². The van der Waals surface area contributed by atoms with E-state index in [1.54, 1.807) is 66.7 Å². The minimum Gasteiger partial charge on any atom is -0.495 e. The summed E-state index contributed by atoms with van der Waals surface area (Å²) in [5.74, 6) is 0.710. The van der Waals surface area contributed by atoms with Crippen molar-refractivity contribution in [3.8, 4) is 11.4 Å². The molecular weight excluding hydrogens is 482 g/mol. The van der Waals surface area contributed by atoms with Crippen LogP contribution < -0.4 is 10.3 Å². The topological polar surface area (TPSA) is 61.9 Å². The maximum Gasteiger partial charge on any atom is 0.320 e. The highest BCUT2D eigenvalue weighted by atomic mass is 35.5. The van der Waals surface area contributed by atoms with Gasteiger partial charge >= 0.3 is 6.55 Å². The zero-order valence-corrected chi connectivity index (χ0v) is 19.4. The molecule has 0 fully saturated rings. The Morgan fingerprint density at radius 2 is 1.79 bits per heavy atom. The second kappa shape index (κ2) is 9.08. The van der Waals surface area contributed by atoms with Crippen LogP contribution in [-0.4, -0.2) is 26.2 Å². The molecule has 6 nitrogen and oxygen atoms in total. The summed E-state index contributed by atoms with van der Waals surface area (Å²) in [6.45, 7) is -2.76. The molecule has 3 aromatic carbocycles. The van der Waals surface area contributed by atoms with E-state index in [4.69, 9.17) is 16.3 Å². The number of alkyl halides is 2. The highest BCUT2D eigenvalue weighted by Crippen LogP contribution is 2.31. The fraction of sp³-hybridized carbons (Fsp3) is 0.125. The number of para-hydroxylation sites is 4. The van der Waals surface area contributed by atoms with Gasteiger partial charge in [-0.05, 0) is 42.5 Å². The van der Waals surface area contributed by atoms with Gasteiger partial charge in [-0.1, -0.05) is 47.6 Å². The zero-order chi connectivity index (χ0) is 23.8. The third-order valence-corrected chi connectivity index (χ3v) is 6.49. The molecule has 0 aliphatic rings. The first kappa shape index (κ1) is 22.4. The molecular formula is C24H17ClF2N4O2S. The highest BCUT2D eigenvalue weighted by molar-refractivity contribution is 7.98. The molecule has 172 valence electrons. The van der Waals surface area contributed by atoms with Gasteiger partial charge in [0.2, 0.25) is 0 Å². The van der Waals surface area contributed by atoms with Gasteiger partial charge in [-0.2, -0.15) is 8.78 Å². The van der Waals surface area contributed by atoms with Crippen molar-refractivity contribution in [2.24, 2.45) is 0 Å². The Balaban J connectivity index is 1.67. The number of fused-ring (bicyclic) bond motifs is 2. The molecule has 34 heavy (non-hydrogen) atoms. The summed E-state index contributed by atoms with van der Waals surface area (Å²) >= 11 is 7.26. The van der Waals surface area contributed by atoms with Gasteiger partial charge in [0.15, 0.2) is 5.16 Å². The van der Waals surface area contributed by atoms with Crippen LogP contribution in [0.4, 0.5) is 8.78 Å². The lowest BCUT2D eigenvalue weighted by Crippen LogP contribution is -2.22. The van der Waals surface area contributed by atoms with E-state index in [1.165, 1.54) is 11.7 Å². The monoisotopic (exact) mass is 498 g/mol. The first-order valence-electron chi connectivity index (χ1n) is 10.2. The lowest BCUT2D eigenvalue weighted by molar-refractivity contribution is 0.0722. The van der Waals surface area contributed by atoms with Crippen molar-refractivity contribution in [3.63, 3.8) is 0 Å².